The Morgan fingerprint density at radius 2 is 0.411 bits per heavy atom. The van der Waals surface area contributed by atoms with Gasteiger partial charge < -0.3 is 110 Å². The van der Waals surface area contributed by atoms with Crippen molar-refractivity contribution in [2.75, 3.05) is 0 Å². The largest absolute Gasteiger partial charge is 3.00 e. The van der Waals surface area contributed by atoms with E-state index in [1.165, 1.54) is 106 Å². The molecule has 784 valence electrons. The average Bonchev–Trinajstić information content (AvgIpc) is 1.57. The predicted octanol–water partition coefficient (Wildman–Crippen LogP) is 40.9. The van der Waals surface area contributed by atoms with Gasteiger partial charge in [-0.2, -0.15) is 0 Å². The number of rotatable bonds is 20. The summed E-state index contributed by atoms with van der Waals surface area (Å²) in [4.78, 5) is 0. The van der Waals surface area contributed by atoms with E-state index in [4.69, 9.17) is 0 Å². The minimum absolute atomic E-state index is 0. The Kier molecular flexibility index (Phi) is 56.5. The number of hydrogen-bond acceptors (Lipinski definition) is 4. The van der Waals surface area contributed by atoms with E-state index >= 15 is 0 Å². The number of fused-ring (bicyclic) bond motifs is 12. The van der Waals surface area contributed by atoms with Crippen LogP contribution in [-0.2, 0) is 130 Å². The minimum atomic E-state index is -0.147. The van der Waals surface area contributed by atoms with Gasteiger partial charge >= 0.3 is 86.9 Å². The molecule has 4 aliphatic rings. The van der Waals surface area contributed by atoms with Gasteiger partial charge in [-0.05, 0) is 323 Å². The summed E-state index contributed by atoms with van der Waals surface area (Å²) in [5, 5.41) is 44.3. The van der Waals surface area contributed by atoms with E-state index < -0.39 is 0 Å². The summed E-state index contributed by atoms with van der Waals surface area (Å²) in [5.74, 6) is 6.27. The first-order valence-corrected chi connectivity index (χ1v) is 49.3. The third-order valence-corrected chi connectivity index (χ3v) is 28.2. The van der Waals surface area contributed by atoms with Crippen molar-refractivity contribution in [3.63, 3.8) is 0 Å². The summed E-state index contributed by atoms with van der Waals surface area (Å²) in [7, 11) is 0. The third-order valence-electron chi connectivity index (χ3n) is 28.2. The van der Waals surface area contributed by atoms with E-state index in [-0.39, 0.29) is 219 Å². The number of hydrogen-bond donors (Lipinski definition) is 4. The number of phenolic OH excluding ortho intramolecular Hbond substituents is 4. The van der Waals surface area contributed by atoms with Gasteiger partial charge in [-0.1, -0.05) is 369 Å². The first-order chi connectivity index (χ1) is 60.9. The molecule has 4 aliphatic carbocycles. The molecule has 0 amide bonds. The van der Waals surface area contributed by atoms with Crippen molar-refractivity contribution in [3.05, 3.63) is 398 Å². The van der Waals surface area contributed by atoms with Gasteiger partial charge in [0.25, 0.3) is 0 Å². The molecular formula is C138H192O4Ti4. The first-order valence-electron chi connectivity index (χ1n) is 49.3. The van der Waals surface area contributed by atoms with Crippen LogP contribution in [0.5, 0.6) is 23.0 Å². The molecular weight excluding hydrogens is 1910 g/mol. The molecule has 0 bridgehead atoms. The van der Waals surface area contributed by atoms with Crippen LogP contribution < -0.4 is 0 Å². The maximum absolute atomic E-state index is 11.6. The Hall–Kier alpha value is -7.30. The van der Waals surface area contributed by atoms with Crippen molar-refractivity contribution in [1.82, 2.24) is 0 Å². The van der Waals surface area contributed by atoms with Gasteiger partial charge in [0.05, 0.1) is 0 Å². The van der Waals surface area contributed by atoms with Crippen molar-refractivity contribution < 1.29 is 107 Å². The zero-order valence-corrected chi connectivity index (χ0v) is 105. The van der Waals surface area contributed by atoms with Crippen molar-refractivity contribution >= 4 is 0 Å². The second-order valence-corrected chi connectivity index (χ2v) is 47.2. The Morgan fingerprint density at radius 3 is 0.664 bits per heavy atom. The third kappa shape index (κ3) is 29.8. The molecule has 4 N–H and O–H groups in total. The zero-order valence-electron chi connectivity index (χ0n) is 99.0. The molecule has 0 fully saturated rings. The standard InChI is InChI=1S/C35H46O.C32H40O.C31H38O.C28H32O.12CH3.4Ti/c1-22(2)20-35(21-23(3)4)29-14-12-11-13-26(29)27-16-15-24(17-30(27)35)28-18-25(33(5,6)7)19-31(32(28)36)34(8,9)10;1-20(2)18-32(19-21(3)4)27-12-10-9-11-24(27)25-14-13-23(17-28(25)32)26-15-22(5)16-29(30(26)33)31(6,7)8;1-20(2)18-31(19-21(3)4)27-11-9-8-10-24(27)25-14-12-22(16-28(25)31)26-17-23(30(5,6)7)13-15-29(26)32;1-18(2)16-28(17-19(3)4)25-9-7-6-8-22(25)23-12-11-21(15-26(23)28)24-14-20(5)10-13-27(24)29;;;;;;;;;;;;;;;;/h11-19,22-23,36H,20-21H2,1-10H3;9-17,20-21,33H,18-19H2,1-8H3;8-17,20-21,32H,18-19H2,1-7H3;6-15,18-19,29H,16-17H2,1-5H3;12*1H3;;;;/q;;;;12*-1;4*+3. The molecule has 8 heteroatoms. The van der Waals surface area contributed by atoms with E-state index in [0.29, 0.717) is 70.3 Å². The van der Waals surface area contributed by atoms with Gasteiger partial charge in [-0.15, -0.1) is 0 Å². The van der Waals surface area contributed by atoms with E-state index in [0.717, 1.165) is 113 Å². The summed E-state index contributed by atoms with van der Waals surface area (Å²) < 4.78 is 0. The molecule has 146 heavy (non-hydrogen) atoms. The van der Waals surface area contributed by atoms with Crippen LogP contribution in [0.1, 0.15) is 323 Å². The van der Waals surface area contributed by atoms with E-state index in [2.05, 4.69) is 414 Å². The van der Waals surface area contributed by atoms with Crippen molar-refractivity contribution in [2.45, 2.75) is 302 Å². The molecule has 12 aromatic rings. The second-order valence-electron chi connectivity index (χ2n) is 47.2. The zero-order chi connectivity index (χ0) is 94.8. The van der Waals surface area contributed by atoms with Crippen molar-refractivity contribution in [1.29, 1.82) is 0 Å². The fraction of sp³-hybridized carbons (Fsp3) is 0.391. The number of phenols is 4. The molecule has 16 rings (SSSR count). The maximum Gasteiger partial charge on any atom is 3.00 e. The molecule has 0 aromatic heterocycles. The summed E-state index contributed by atoms with van der Waals surface area (Å²) in [6.45, 7) is 68.1. The first kappa shape index (κ1) is 145. The van der Waals surface area contributed by atoms with Crippen LogP contribution >= 0.6 is 0 Å². The molecule has 0 heterocycles. The van der Waals surface area contributed by atoms with Crippen molar-refractivity contribution in [3.8, 4) is 112 Å². The summed E-state index contributed by atoms with van der Waals surface area (Å²) in [6, 6.07) is 84.1. The minimum Gasteiger partial charge on any atom is -0.507 e. The van der Waals surface area contributed by atoms with Crippen molar-refractivity contribution in [2.24, 2.45) is 47.3 Å². The van der Waals surface area contributed by atoms with E-state index in [1.807, 2.05) is 24.3 Å². The number of aromatic hydroxyl groups is 4. The summed E-state index contributed by atoms with van der Waals surface area (Å²) in [5.41, 5.74) is 37.5. The fourth-order valence-electron chi connectivity index (χ4n) is 23.7. The molecule has 4 radical (unpaired) electrons. The van der Waals surface area contributed by atoms with Crippen LogP contribution in [0.25, 0.3) is 89.0 Å². The monoisotopic (exact) mass is 2110 g/mol. The Morgan fingerprint density at radius 1 is 0.199 bits per heavy atom. The van der Waals surface area contributed by atoms with E-state index in [9.17, 15) is 20.4 Å². The van der Waals surface area contributed by atoms with Crippen LogP contribution in [0.15, 0.2) is 231 Å². The summed E-state index contributed by atoms with van der Waals surface area (Å²) in [6.07, 6.45) is 9.05. The van der Waals surface area contributed by atoms with Crippen LogP contribution in [-0.4, -0.2) is 20.4 Å². The molecule has 0 saturated heterocycles. The molecule has 4 nitrogen and oxygen atoms in total. The van der Waals surface area contributed by atoms with Gasteiger partial charge in [0.15, 0.2) is 0 Å². The molecule has 0 atom stereocenters. The van der Waals surface area contributed by atoms with E-state index in [1.54, 1.807) is 0 Å². The van der Waals surface area contributed by atoms with Gasteiger partial charge in [0, 0.05) is 55.0 Å². The fourth-order valence-corrected chi connectivity index (χ4v) is 23.7. The number of benzene rings is 12. The van der Waals surface area contributed by atoms with Gasteiger partial charge in [-0.3, -0.25) is 0 Å². The predicted molar refractivity (Wildman–Crippen MR) is 636 cm³/mol. The number of aryl methyl sites for hydroxylation is 2. The van der Waals surface area contributed by atoms with Gasteiger partial charge in [-0.25, -0.2) is 0 Å². The molecule has 12 aromatic carbocycles. The van der Waals surface area contributed by atoms with Crippen LogP contribution in [0.2, 0.25) is 0 Å². The molecule has 0 saturated carbocycles. The normalized spacial score (nSPS) is 13.0. The Balaban J connectivity index is -0.000000890. The van der Waals surface area contributed by atoms with Crippen LogP contribution in [0, 0.1) is 150 Å². The second kappa shape index (κ2) is 56.9. The van der Waals surface area contributed by atoms with Crippen LogP contribution in [0.3, 0.4) is 0 Å². The molecule has 0 aliphatic heterocycles. The Bertz CT molecular complexity index is 6070. The van der Waals surface area contributed by atoms with Gasteiger partial charge in [0.1, 0.15) is 23.0 Å². The Labute approximate surface area is 957 Å². The SMILES string of the molecule is CC(C)CC1(CC(C)C)c2ccccc2-c2ccc(-c3cc(C(C)(C)C)cc(C(C)(C)C)c3O)cc21.CC(C)CC1(CC(C)C)c2ccccc2-c2ccc(-c3cc(C(C)(C)C)ccc3O)cc21.Cc1cc(-c2ccc3c(c2)C(CC(C)C)(CC(C)C)c2ccccc2-3)c(O)c(C(C)(C)C)c1.Cc1ccc(O)c(-c2ccc3c(c2)C(CC(C)C)(CC(C)C)c2ccccc2-3)c1.[CH3-].[CH3-].[CH3-].[CH3-].[CH3-].[CH3-].[CH3-].[CH3-].[CH3-].[CH3-].[CH3-].[CH3-].[Ti+3].[Ti+3].[Ti+3].[Ti+3]. The maximum atomic E-state index is 11.6. The molecule has 0 spiro atoms. The van der Waals surface area contributed by atoms with Crippen LogP contribution in [0.4, 0.5) is 0 Å². The average molecular weight is 2110 g/mol. The topological polar surface area (TPSA) is 80.9 Å². The smallest absolute Gasteiger partial charge is 0.507 e. The molecule has 0 unspecified atom stereocenters. The van der Waals surface area contributed by atoms with Gasteiger partial charge in [0.2, 0.25) is 0 Å². The quantitative estimate of drug-likeness (QED) is 0.0453. The summed E-state index contributed by atoms with van der Waals surface area (Å²) >= 11 is 0.